The van der Waals surface area contributed by atoms with Crippen LogP contribution in [0.5, 0.6) is 11.8 Å². The Labute approximate surface area is 102 Å². The van der Waals surface area contributed by atoms with Gasteiger partial charge in [0.15, 0.2) is 0 Å². The predicted octanol–water partition coefficient (Wildman–Crippen LogP) is 2.92. The lowest BCUT2D eigenvalue weighted by Gasteiger charge is -2.07. The van der Waals surface area contributed by atoms with E-state index in [1.165, 1.54) is 0 Å². The second-order valence-corrected chi connectivity index (χ2v) is 4.19. The Morgan fingerprint density at radius 1 is 1.31 bits per heavy atom. The molecule has 1 aromatic heterocycles. The molecular weight excluding hydrogens is 270 g/mol. The standard InChI is InChI=1S/C11H10BrN3O/c1-7-2-3-8(12)6-9(7)16-11-14-5-4-10(13)15-11/h2-6H,1H3,(H2,13,14,15). The van der Waals surface area contributed by atoms with Crippen molar-refractivity contribution >= 4 is 21.7 Å². The minimum absolute atomic E-state index is 0.251. The topological polar surface area (TPSA) is 61.0 Å². The van der Waals surface area contributed by atoms with E-state index in [4.69, 9.17) is 10.5 Å². The molecule has 1 aromatic carbocycles. The Hall–Kier alpha value is -1.62. The van der Waals surface area contributed by atoms with E-state index < -0.39 is 0 Å². The van der Waals surface area contributed by atoms with Gasteiger partial charge in [0.2, 0.25) is 0 Å². The average Bonchev–Trinajstić information content (AvgIpc) is 2.24. The molecule has 2 aromatic rings. The molecule has 0 amide bonds. The highest BCUT2D eigenvalue weighted by molar-refractivity contribution is 9.10. The molecule has 5 heteroatoms. The van der Waals surface area contributed by atoms with E-state index in [2.05, 4.69) is 25.9 Å². The summed E-state index contributed by atoms with van der Waals surface area (Å²) in [6.45, 7) is 1.95. The molecule has 0 aliphatic carbocycles. The summed E-state index contributed by atoms with van der Waals surface area (Å²) < 4.78 is 6.48. The van der Waals surface area contributed by atoms with Gasteiger partial charge in [0.1, 0.15) is 11.6 Å². The van der Waals surface area contributed by atoms with Crippen molar-refractivity contribution in [3.05, 3.63) is 40.5 Å². The van der Waals surface area contributed by atoms with Crippen molar-refractivity contribution in [2.75, 3.05) is 5.73 Å². The van der Waals surface area contributed by atoms with E-state index in [-0.39, 0.29) is 6.01 Å². The van der Waals surface area contributed by atoms with Gasteiger partial charge in [-0.3, -0.25) is 0 Å². The Kier molecular flexibility index (Phi) is 3.05. The number of benzene rings is 1. The minimum atomic E-state index is 0.251. The Morgan fingerprint density at radius 2 is 2.12 bits per heavy atom. The Balaban J connectivity index is 2.30. The number of nitrogens with zero attached hydrogens (tertiary/aromatic N) is 2. The number of halogens is 1. The quantitative estimate of drug-likeness (QED) is 0.918. The lowest BCUT2D eigenvalue weighted by Crippen LogP contribution is -1.96. The van der Waals surface area contributed by atoms with Gasteiger partial charge >= 0.3 is 6.01 Å². The van der Waals surface area contributed by atoms with E-state index in [9.17, 15) is 0 Å². The lowest BCUT2D eigenvalue weighted by atomic mass is 10.2. The molecule has 2 rings (SSSR count). The maximum Gasteiger partial charge on any atom is 0.323 e. The molecule has 0 radical (unpaired) electrons. The number of aromatic nitrogens is 2. The minimum Gasteiger partial charge on any atom is -0.424 e. The zero-order valence-electron chi connectivity index (χ0n) is 8.64. The maximum absolute atomic E-state index is 5.54. The van der Waals surface area contributed by atoms with Gasteiger partial charge in [-0.2, -0.15) is 4.98 Å². The second-order valence-electron chi connectivity index (χ2n) is 3.28. The van der Waals surface area contributed by atoms with Crippen molar-refractivity contribution in [1.82, 2.24) is 9.97 Å². The van der Waals surface area contributed by atoms with Crippen LogP contribution in [-0.2, 0) is 0 Å². The molecule has 0 unspecified atom stereocenters. The first-order valence-electron chi connectivity index (χ1n) is 4.67. The molecule has 0 aliphatic heterocycles. The van der Waals surface area contributed by atoms with E-state index in [0.29, 0.717) is 11.6 Å². The van der Waals surface area contributed by atoms with Gasteiger partial charge in [0, 0.05) is 10.7 Å². The van der Waals surface area contributed by atoms with Crippen molar-refractivity contribution < 1.29 is 4.74 Å². The van der Waals surface area contributed by atoms with E-state index in [0.717, 1.165) is 10.0 Å². The van der Waals surface area contributed by atoms with E-state index >= 15 is 0 Å². The fraction of sp³-hybridized carbons (Fsp3) is 0.0909. The lowest BCUT2D eigenvalue weighted by molar-refractivity contribution is 0.439. The highest BCUT2D eigenvalue weighted by Gasteiger charge is 2.04. The van der Waals surface area contributed by atoms with Gasteiger partial charge in [-0.25, -0.2) is 4.98 Å². The summed E-state index contributed by atoms with van der Waals surface area (Å²) in [5.41, 5.74) is 6.55. The van der Waals surface area contributed by atoms with Crippen LogP contribution < -0.4 is 10.5 Å². The van der Waals surface area contributed by atoms with Crippen molar-refractivity contribution in [3.63, 3.8) is 0 Å². The van der Waals surface area contributed by atoms with E-state index in [1.54, 1.807) is 12.3 Å². The molecule has 0 saturated heterocycles. The van der Waals surface area contributed by atoms with Crippen LogP contribution in [0.4, 0.5) is 5.82 Å². The van der Waals surface area contributed by atoms with Crippen LogP contribution in [0.3, 0.4) is 0 Å². The SMILES string of the molecule is Cc1ccc(Br)cc1Oc1nccc(N)n1. The summed E-state index contributed by atoms with van der Waals surface area (Å²) in [5, 5.41) is 0. The summed E-state index contributed by atoms with van der Waals surface area (Å²) in [5.74, 6) is 1.10. The monoisotopic (exact) mass is 279 g/mol. The molecule has 16 heavy (non-hydrogen) atoms. The molecule has 82 valence electrons. The highest BCUT2D eigenvalue weighted by atomic mass is 79.9. The summed E-state index contributed by atoms with van der Waals surface area (Å²) in [6, 6.07) is 7.62. The molecule has 0 fully saturated rings. The van der Waals surface area contributed by atoms with Crippen LogP contribution in [0, 0.1) is 6.92 Å². The Bertz CT molecular complexity index is 516. The molecular formula is C11H10BrN3O. The van der Waals surface area contributed by atoms with Crippen molar-refractivity contribution in [1.29, 1.82) is 0 Å². The molecule has 0 saturated carbocycles. The molecule has 4 nitrogen and oxygen atoms in total. The summed E-state index contributed by atoms with van der Waals surface area (Å²) in [7, 11) is 0. The first-order valence-corrected chi connectivity index (χ1v) is 5.47. The molecule has 2 N–H and O–H groups in total. The van der Waals surface area contributed by atoms with Crippen LogP contribution in [-0.4, -0.2) is 9.97 Å². The van der Waals surface area contributed by atoms with Gasteiger partial charge < -0.3 is 10.5 Å². The number of rotatable bonds is 2. The average molecular weight is 280 g/mol. The fourth-order valence-corrected chi connectivity index (χ4v) is 1.53. The van der Waals surface area contributed by atoms with Crippen LogP contribution >= 0.6 is 15.9 Å². The highest BCUT2D eigenvalue weighted by Crippen LogP contribution is 2.26. The van der Waals surface area contributed by atoms with Gasteiger partial charge in [0.05, 0.1) is 0 Å². The van der Waals surface area contributed by atoms with Crippen molar-refractivity contribution in [3.8, 4) is 11.8 Å². The zero-order valence-corrected chi connectivity index (χ0v) is 10.2. The Morgan fingerprint density at radius 3 is 2.88 bits per heavy atom. The maximum atomic E-state index is 5.54. The van der Waals surface area contributed by atoms with Crippen LogP contribution in [0.1, 0.15) is 5.56 Å². The van der Waals surface area contributed by atoms with E-state index in [1.807, 2.05) is 25.1 Å². The zero-order chi connectivity index (χ0) is 11.5. The number of hydrogen-bond acceptors (Lipinski definition) is 4. The number of aryl methyl sites for hydroxylation is 1. The molecule has 0 bridgehead atoms. The summed E-state index contributed by atoms with van der Waals surface area (Å²) >= 11 is 3.38. The molecule has 0 spiro atoms. The smallest absolute Gasteiger partial charge is 0.323 e. The number of nitrogen functional groups attached to an aromatic ring is 1. The normalized spacial score (nSPS) is 10.1. The first-order chi connectivity index (χ1) is 7.65. The third-order valence-electron chi connectivity index (χ3n) is 2.01. The van der Waals surface area contributed by atoms with Crippen LogP contribution in [0.2, 0.25) is 0 Å². The van der Waals surface area contributed by atoms with Gasteiger partial charge in [-0.05, 0) is 30.7 Å². The van der Waals surface area contributed by atoms with Gasteiger partial charge in [-0.15, -0.1) is 0 Å². The van der Waals surface area contributed by atoms with Gasteiger partial charge in [0.25, 0.3) is 0 Å². The largest absolute Gasteiger partial charge is 0.424 e. The van der Waals surface area contributed by atoms with Crippen LogP contribution in [0.15, 0.2) is 34.9 Å². The summed E-state index contributed by atoms with van der Waals surface area (Å²) in [6.07, 6.45) is 1.56. The number of hydrogen-bond donors (Lipinski definition) is 1. The summed E-state index contributed by atoms with van der Waals surface area (Å²) in [4.78, 5) is 7.95. The predicted molar refractivity (Wildman–Crippen MR) is 65.4 cm³/mol. The second kappa shape index (κ2) is 4.49. The molecule has 0 atom stereocenters. The number of nitrogens with two attached hydrogens (primary N) is 1. The number of anilines is 1. The molecule has 0 aliphatic rings. The fourth-order valence-electron chi connectivity index (χ4n) is 1.19. The van der Waals surface area contributed by atoms with Crippen molar-refractivity contribution in [2.45, 2.75) is 6.92 Å². The molecule has 1 heterocycles. The number of ether oxygens (including phenoxy) is 1. The van der Waals surface area contributed by atoms with Crippen LogP contribution in [0.25, 0.3) is 0 Å². The first kappa shape index (κ1) is 10.9. The third-order valence-corrected chi connectivity index (χ3v) is 2.50. The van der Waals surface area contributed by atoms with Crippen molar-refractivity contribution in [2.24, 2.45) is 0 Å². The third kappa shape index (κ3) is 2.49. The van der Waals surface area contributed by atoms with Gasteiger partial charge in [-0.1, -0.05) is 22.0 Å².